The van der Waals surface area contributed by atoms with E-state index in [-0.39, 0.29) is 0 Å². The number of fused-ring (bicyclic) bond motifs is 3. The average molecular weight is 314 g/mol. The van der Waals surface area contributed by atoms with E-state index in [4.69, 9.17) is 15.7 Å². The third-order valence-electron chi connectivity index (χ3n) is 5.86. The van der Waals surface area contributed by atoms with E-state index >= 15 is 0 Å². The molecule has 0 radical (unpaired) electrons. The van der Waals surface area contributed by atoms with E-state index in [0.29, 0.717) is 11.7 Å². The number of rotatable bonds is 4. The molecule has 6 heteroatoms. The van der Waals surface area contributed by atoms with Gasteiger partial charge in [-0.05, 0) is 44.9 Å². The molecular weight excluding hydrogens is 288 g/mol. The van der Waals surface area contributed by atoms with Crippen LogP contribution in [0.3, 0.4) is 0 Å². The first-order valence-corrected chi connectivity index (χ1v) is 8.87. The summed E-state index contributed by atoms with van der Waals surface area (Å²) < 4.78 is 2.07. The lowest BCUT2D eigenvalue weighted by Crippen LogP contribution is -2.24. The second-order valence-electron chi connectivity index (χ2n) is 7.06. The number of nitrogens with zero attached hydrogens (tertiary/aromatic N) is 5. The predicted octanol–water partition coefficient (Wildman–Crippen LogP) is 2.70. The Bertz CT molecular complexity index is 732. The number of aromatic nitrogens is 4. The third kappa shape index (κ3) is 2.18. The van der Waals surface area contributed by atoms with Crippen LogP contribution in [0.1, 0.15) is 51.3 Å². The normalized spacial score (nSPS) is 26.3. The van der Waals surface area contributed by atoms with Gasteiger partial charge in [0.1, 0.15) is 5.82 Å². The molecule has 0 aromatic carbocycles. The summed E-state index contributed by atoms with van der Waals surface area (Å²) in [4.78, 5) is 16.5. The van der Waals surface area contributed by atoms with Gasteiger partial charge >= 0.3 is 0 Å². The minimum Gasteiger partial charge on any atom is -0.382 e. The second-order valence-corrected chi connectivity index (χ2v) is 7.06. The molecular formula is C17H26N6. The number of imidazole rings is 1. The first-order chi connectivity index (χ1) is 11.1. The summed E-state index contributed by atoms with van der Waals surface area (Å²) in [5, 5.41) is 0. The molecule has 2 aromatic rings. The maximum Gasteiger partial charge on any atom is 0.207 e. The van der Waals surface area contributed by atoms with Crippen molar-refractivity contribution in [2.75, 3.05) is 23.7 Å². The Labute approximate surface area is 137 Å². The van der Waals surface area contributed by atoms with Gasteiger partial charge in [0.2, 0.25) is 5.95 Å². The molecule has 2 aliphatic rings. The van der Waals surface area contributed by atoms with Crippen molar-refractivity contribution >= 4 is 22.9 Å². The summed E-state index contributed by atoms with van der Waals surface area (Å²) in [6.07, 6.45) is 5.29. The Morgan fingerprint density at radius 3 is 2.52 bits per heavy atom. The van der Waals surface area contributed by atoms with Gasteiger partial charge in [-0.25, -0.2) is 15.0 Å². The van der Waals surface area contributed by atoms with Crippen LogP contribution in [-0.2, 0) is 7.05 Å². The standard InChI is InChI=1S/C17H26N6/c1-4-23(5-2)17-19-13-14(18)20-15(21-16(13)22(17)3)12-9-10-6-7-11(12)8-10/h10-12H,4-9H2,1-3H3,(H2,18,20,21). The number of nitrogens with two attached hydrogens (primary N) is 1. The fourth-order valence-corrected chi connectivity index (χ4v) is 4.60. The van der Waals surface area contributed by atoms with Crippen LogP contribution in [0.5, 0.6) is 0 Å². The molecule has 0 spiro atoms. The van der Waals surface area contributed by atoms with E-state index < -0.39 is 0 Å². The molecule has 23 heavy (non-hydrogen) atoms. The van der Waals surface area contributed by atoms with Crippen LogP contribution in [0.4, 0.5) is 11.8 Å². The molecule has 2 fully saturated rings. The van der Waals surface area contributed by atoms with Gasteiger partial charge in [0, 0.05) is 26.1 Å². The van der Waals surface area contributed by atoms with Gasteiger partial charge < -0.3 is 10.6 Å². The van der Waals surface area contributed by atoms with Crippen molar-refractivity contribution in [1.29, 1.82) is 0 Å². The van der Waals surface area contributed by atoms with Crippen LogP contribution >= 0.6 is 0 Å². The van der Waals surface area contributed by atoms with Crippen molar-refractivity contribution in [2.24, 2.45) is 18.9 Å². The van der Waals surface area contributed by atoms with Crippen molar-refractivity contribution < 1.29 is 0 Å². The molecule has 4 rings (SSSR count). The average Bonchev–Trinajstić information content (AvgIpc) is 3.25. The van der Waals surface area contributed by atoms with E-state index in [9.17, 15) is 0 Å². The molecule has 0 amide bonds. The highest BCUT2D eigenvalue weighted by Crippen LogP contribution is 2.52. The number of nitrogen functional groups attached to an aromatic ring is 1. The molecule has 3 unspecified atom stereocenters. The Morgan fingerprint density at radius 1 is 1.13 bits per heavy atom. The van der Waals surface area contributed by atoms with E-state index in [1.54, 1.807) is 0 Å². The maximum atomic E-state index is 6.24. The fourth-order valence-electron chi connectivity index (χ4n) is 4.60. The van der Waals surface area contributed by atoms with Crippen LogP contribution in [0.2, 0.25) is 0 Å². The second kappa shape index (κ2) is 5.35. The molecule has 0 aliphatic heterocycles. The summed E-state index contributed by atoms with van der Waals surface area (Å²) in [5.74, 6) is 4.53. The van der Waals surface area contributed by atoms with Gasteiger partial charge in [0.05, 0.1) is 0 Å². The smallest absolute Gasteiger partial charge is 0.207 e. The minimum atomic E-state index is 0.493. The van der Waals surface area contributed by atoms with Crippen molar-refractivity contribution in [2.45, 2.75) is 45.4 Å². The molecule has 2 aliphatic carbocycles. The van der Waals surface area contributed by atoms with Gasteiger partial charge in [-0.15, -0.1) is 0 Å². The van der Waals surface area contributed by atoms with Gasteiger partial charge in [-0.3, -0.25) is 4.57 Å². The topological polar surface area (TPSA) is 72.9 Å². The summed E-state index contributed by atoms with van der Waals surface area (Å²) in [5.41, 5.74) is 7.85. The molecule has 2 saturated carbocycles. The molecule has 0 saturated heterocycles. The fraction of sp³-hybridized carbons (Fsp3) is 0.706. The Morgan fingerprint density at radius 2 is 1.91 bits per heavy atom. The first-order valence-electron chi connectivity index (χ1n) is 8.87. The maximum absolute atomic E-state index is 6.24. The van der Waals surface area contributed by atoms with Gasteiger partial charge in [-0.1, -0.05) is 6.42 Å². The van der Waals surface area contributed by atoms with Crippen LogP contribution in [0.25, 0.3) is 11.2 Å². The van der Waals surface area contributed by atoms with E-state index in [1.807, 2.05) is 7.05 Å². The highest BCUT2D eigenvalue weighted by molar-refractivity contribution is 5.84. The zero-order valence-electron chi connectivity index (χ0n) is 14.3. The summed E-state index contributed by atoms with van der Waals surface area (Å²) in [6.45, 7) is 6.11. The molecule has 2 N–H and O–H groups in total. The summed E-state index contributed by atoms with van der Waals surface area (Å²) >= 11 is 0. The Kier molecular flexibility index (Phi) is 3.43. The van der Waals surface area contributed by atoms with E-state index in [1.165, 1.54) is 25.7 Å². The lowest BCUT2D eigenvalue weighted by atomic mass is 9.88. The van der Waals surface area contributed by atoms with E-state index in [2.05, 4.69) is 28.3 Å². The lowest BCUT2D eigenvalue weighted by Gasteiger charge is -2.20. The number of hydrogen-bond donors (Lipinski definition) is 1. The van der Waals surface area contributed by atoms with Crippen LogP contribution < -0.4 is 10.6 Å². The largest absolute Gasteiger partial charge is 0.382 e. The quantitative estimate of drug-likeness (QED) is 0.939. The first kappa shape index (κ1) is 14.7. The van der Waals surface area contributed by atoms with Crippen molar-refractivity contribution in [3.63, 3.8) is 0 Å². The monoisotopic (exact) mass is 314 g/mol. The molecule has 2 heterocycles. The summed E-state index contributed by atoms with van der Waals surface area (Å²) in [6, 6.07) is 0. The highest BCUT2D eigenvalue weighted by atomic mass is 15.3. The summed E-state index contributed by atoms with van der Waals surface area (Å²) in [7, 11) is 2.03. The third-order valence-corrected chi connectivity index (χ3v) is 5.86. The Balaban J connectivity index is 1.79. The van der Waals surface area contributed by atoms with Crippen LogP contribution in [-0.4, -0.2) is 32.6 Å². The van der Waals surface area contributed by atoms with Gasteiger partial charge in [0.15, 0.2) is 17.0 Å². The van der Waals surface area contributed by atoms with Gasteiger partial charge in [0.25, 0.3) is 0 Å². The Hall–Kier alpha value is -1.85. The van der Waals surface area contributed by atoms with Crippen molar-refractivity contribution in [1.82, 2.24) is 19.5 Å². The highest BCUT2D eigenvalue weighted by Gasteiger charge is 2.42. The van der Waals surface area contributed by atoms with Crippen LogP contribution in [0.15, 0.2) is 0 Å². The molecule has 3 atom stereocenters. The molecule has 2 bridgehead atoms. The van der Waals surface area contributed by atoms with Crippen molar-refractivity contribution in [3.8, 4) is 0 Å². The van der Waals surface area contributed by atoms with Gasteiger partial charge in [-0.2, -0.15) is 0 Å². The number of aryl methyl sites for hydroxylation is 1. The molecule has 124 valence electrons. The zero-order valence-corrected chi connectivity index (χ0v) is 14.3. The lowest BCUT2D eigenvalue weighted by molar-refractivity contribution is 0.406. The zero-order chi connectivity index (χ0) is 16.1. The van der Waals surface area contributed by atoms with E-state index in [0.717, 1.165) is 47.9 Å². The van der Waals surface area contributed by atoms with Crippen LogP contribution in [0, 0.1) is 11.8 Å². The minimum absolute atomic E-state index is 0.493. The molecule has 2 aromatic heterocycles. The predicted molar refractivity (Wildman–Crippen MR) is 92.5 cm³/mol. The van der Waals surface area contributed by atoms with Crippen molar-refractivity contribution in [3.05, 3.63) is 5.82 Å². The molecule has 6 nitrogen and oxygen atoms in total. The SMILES string of the molecule is CCN(CC)c1nc2c(N)nc(C3CC4CCC3C4)nc2n1C. The number of hydrogen-bond acceptors (Lipinski definition) is 5. The number of anilines is 2.